The second kappa shape index (κ2) is 6.96. The summed E-state index contributed by atoms with van der Waals surface area (Å²) in [4.78, 5) is 11.7. The van der Waals surface area contributed by atoms with E-state index in [0.717, 1.165) is 16.3 Å². The van der Waals surface area contributed by atoms with Gasteiger partial charge in [-0.15, -0.1) is 0 Å². The van der Waals surface area contributed by atoms with Crippen LogP contribution >= 0.6 is 11.6 Å². The van der Waals surface area contributed by atoms with Crippen molar-refractivity contribution >= 4 is 23.3 Å². The van der Waals surface area contributed by atoms with Crippen LogP contribution < -0.4 is 5.32 Å². The fourth-order valence-electron chi connectivity index (χ4n) is 1.81. The predicted octanol–water partition coefficient (Wildman–Crippen LogP) is 4.13. The number of carbonyl (C=O) groups excluding carboxylic acids is 1. The third kappa shape index (κ3) is 3.75. The van der Waals surface area contributed by atoms with Gasteiger partial charge in [0.25, 0.3) is 0 Å². The van der Waals surface area contributed by atoms with Crippen molar-refractivity contribution in [1.29, 1.82) is 0 Å². The quantitative estimate of drug-likeness (QED) is 0.841. The summed E-state index contributed by atoms with van der Waals surface area (Å²) in [7, 11) is 0. The lowest BCUT2D eigenvalue weighted by atomic mass is 10.2. The van der Waals surface area contributed by atoms with Gasteiger partial charge in [-0.2, -0.15) is 0 Å². The zero-order valence-electron chi connectivity index (χ0n) is 11.2. The van der Waals surface area contributed by atoms with Crippen molar-refractivity contribution in [3.05, 3.63) is 64.7 Å². The van der Waals surface area contributed by atoms with Crippen molar-refractivity contribution in [3.63, 3.8) is 0 Å². The van der Waals surface area contributed by atoms with E-state index >= 15 is 0 Å². The normalized spacial score (nSPS) is 10.1. The van der Waals surface area contributed by atoms with Crippen LogP contribution in [0, 0.1) is 0 Å². The Hall–Kier alpha value is -2.00. The molecule has 0 radical (unpaired) electrons. The average molecular weight is 290 g/mol. The highest BCUT2D eigenvalue weighted by Crippen LogP contribution is 2.18. The van der Waals surface area contributed by atoms with Crippen LogP contribution in [0.1, 0.15) is 22.8 Å². The lowest BCUT2D eigenvalue weighted by molar-refractivity contribution is 0.0526. The zero-order valence-corrected chi connectivity index (χ0v) is 12.0. The molecule has 0 bridgehead atoms. The van der Waals surface area contributed by atoms with Crippen molar-refractivity contribution in [2.45, 2.75) is 13.5 Å². The third-order valence-electron chi connectivity index (χ3n) is 2.81. The standard InChI is InChI=1S/C16H16ClNO2/c1-2-20-16(19)12-7-5-8-14(10-12)18-11-13-6-3-4-9-15(13)17/h3-10,18H,2,11H2,1H3. The Kier molecular flexibility index (Phi) is 5.02. The van der Waals surface area contributed by atoms with E-state index in [2.05, 4.69) is 5.32 Å². The van der Waals surface area contributed by atoms with Crippen molar-refractivity contribution in [2.24, 2.45) is 0 Å². The molecular formula is C16H16ClNO2. The zero-order chi connectivity index (χ0) is 14.4. The van der Waals surface area contributed by atoms with Crippen molar-refractivity contribution < 1.29 is 9.53 Å². The smallest absolute Gasteiger partial charge is 0.338 e. The highest BCUT2D eigenvalue weighted by atomic mass is 35.5. The number of hydrogen-bond donors (Lipinski definition) is 1. The fraction of sp³-hybridized carbons (Fsp3) is 0.188. The van der Waals surface area contributed by atoms with Gasteiger partial charge in [-0.05, 0) is 36.8 Å². The maximum absolute atomic E-state index is 11.7. The molecule has 0 aliphatic rings. The number of halogens is 1. The molecule has 0 heterocycles. The summed E-state index contributed by atoms with van der Waals surface area (Å²) in [6.07, 6.45) is 0. The molecule has 0 amide bonds. The van der Waals surface area contributed by atoms with Crippen LogP contribution in [0.3, 0.4) is 0 Å². The largest absolute Gasteiger partial charge is 0.462 e. The number of carbonyl (C=O) groups is 1. The molecular weight excluding hydrogens is 274 g/mol. The monoisotopic (exact) mass is 289 g/mol. The van der Waals surface area contributed by atoms with E-state index in [-0.39, 0.29) is 5.97 Å². The lowest BCUT2D eigenvalue weighted by Gasteiger charge is -2.09. The van der Waals surface area contributed by atoms with Crippen molar-refractivity contribution in [2.75, 3.05) is 11.9 Å². The molecule has 0 aliphatic carbocycles. The van der Waals surface area contributed by atoms with E-state index in [1.807, 2.05) is 36.4 Å². The SMILES string of the molecule is CCOC(=O)c1cccc(NCc2ccccc2Cl)c1. The maximum Gasteiger partial charge on any atom is 0.338 e. The van der Waals surface area contributed by atoms with Gasteiger partial charge in [0.15, 0.2) is 0 Å². The molecule has 0 saturated heterocycles. The van der Waals surface area contributed by atoms with Gasteiger partial charge in [0, 0.05) is 17.3 Å². The number of esters is 1. The molecule has 0 atom stereocenters. The van der Waals surface area contributed by atoms with Crippen molar-refractivity contribution in [3.8, 4) is 0 Å². The maximum atomic E-state index is 11.7. The molecule has 0 aromatic heterocycles. The first-order valence-corrected chi connectivity index (χ1v) is 6.83. The summed E-state index contributed by atoms with van der Waals surface area (Å²) in [5, 5.41) is 3.97. The van der Waals surface area contributed by atoms with Gasteiger partial charge in [0.05, 0.1) is 12.2 Å². The molecule has 20 heavy (non-hydrogen) atoms. The summed E-state index contributed by atoms with van der Waals surface area (Å²) in [5.41, 5.74) is 2.40. The van der Waals surface area contributed by atoms with Crippen LogP contribution in [-0.4, -0.2) is 12.6 Å². The highest BCUT2D eigenvalue weighted by molar-refractivity contribution is 6.31. The van der Waals surface area contributed by atoms with E-state index < -0.39 is 0 Å². The molecule has 3 nitrogen and oxygen atoms in total. The Morgan fingerprint density at radius 1 is 1.20 bits per heavy atom. The molecule has 4 heteroatoms. The van der Waals surface area contributed by atoms with Gasteiger partial charge < -0.3 is 10.1 Å². The highest BCUT2D eigenvalue weighted by Gasteiger charge is 2.06. The molecule has 2 rings (SSSR count). The lowest BCUT2D eigenvalue weighted by Crippen LogP contribution is -2.06. The van der Waals surface area contributed by atoms with Gasteiger partial charge in [-0.25, -0.2) is 4.79 Å². The van der Waals surface area contributed by atoms with E-state index in [4.69, 9.17) is 16.3 Å². The first-order valence-electron chi connectivity index (χ1n) is 6.45. The van der Waals surface area contributed by atoms with Gasteiger partial charge in [-0.3, -0.25) is 0 Å². The Morgan fingerprint density at radius 3 is 2.75 bits per heavy atom. The van der Waals surface area contributed by atoms with Gasteiger partial charge >= 0.3 is 5.97 Å². The van der Waals surface area contributed by atoms with Gasteiger partial charge in [-0.1, -0.05) is 35.9 Å². The summed E-state index contributed by atoms with van der Waals surface area (Å²) in [5.74, 6) is -0.311. The van der Waals surface area contributed by atoms with Crippen LogP contribution in [0.4, 0.5) is 5.69 Å². The molecule has 0 fully saturated rings. The Balaban J connectivity index is 2.05. The number of hydrogen-bond acceptors (Lipinski definition) is 3. The van der Waals surface area contributed by atoms with Crippen LogP contribution in [0.25, 0.3) is 0 Å². The number of benzene rings is 2. The molecule has 0 aliphatic heterocycles. The van der Waals surface area contributed by atoms with E-state index in [0.29, 0.717) is 18.7 Å². The first kappa shape index (κ1) is 14.4. The molecule has 2 aromatic carbocycles. The molecule has 0 spiro atoms. The number of rotatable bonds is 5. The van der Waals surface area contributed by atoms with Crippen LogP contribution in [0.5, 0.6) is 0 Å². The van der Waals surface area contributed by atoms with Crippen LogP contribution in [0.15, 0.2) is 48.5 Å². The van der Waals surface area contributed by atoms with Crippen molar-refractivity contribution in [1.82, 2.24) is 0 Å². The third-order valence-corrected chi connectivity index (χ3v) is 3.18. The Labute approximate surface area is 123 Å². The fourth-order valence-corrected chi connectivity index (χ4v) is 2.01. The summed E-state index contributed by atoms with van der Waals surface area (Å²) in [6.45, 7) is 2.76. The first-order chi connectivity index (χ1) is 9.70. The van der Waals surface area contributed by atoms with Gasteiger partial charge in [0.1, 0.15) is 0 Å². The molecule has 0 unspecified atom stereocenters. The molecule has 104 valence electrons. The second-order valence-corrected chi connectivity index (χ2v) is 4.65. The molecule has 2 aromatic rings. The van der Waals surface area contributed by atoms with Gasteiger partial charge in [0.2, 0.25) is 0 Å². The number of ether oxygens (including phenoxy) is 1. The summed E-state index contributed by atoms with van der Waals surface area (Å²) in [6, 6.07) is 14.9. The minimum atomic E-state index is -0.311. The van der Waals surface area contributed by atoms with Crippen LogP contribution in [0.2, 0.25) is 5.02 Å². The number of nitrogens with one attached hydrogen (secondary N) is 1. The predicted molar refractivity (Wildman–Crippen MR) is 81.2 cm³/mol. The minimum absolute atomic E-state index is 0.311. The summed E-state index contributed by atoms with van der Waals surface area (Å²) >= 11 is 6.10. The van der Waals surface area contributed by atoms with E-state index in [9.17, 15) is 4.79 Å². The van der Waals surface area contributed by atoms with E-state index in [1.54, 1.807) is 19.1 Å². The van der Waals surface area contributed by atoms with Crippen LogP contribution in [-0.2, 0) is 11.3 Å². The second-order valence-electron chi connectivity index (χ2n) is 4.25. The topological polar surface area (TPSA) is 38.3 Å². The molecule has 0 saturated carbocycles. The summed E-state index contributed by atoms with van der Waals surface area (Å²) < 4.78 is 4.98. The van der Waals surface area contributed by atoms with E-state index in [1.165, 1.54) is 0 Å². The average Bonchev–Trinajstić information content (AvgIpc) is 2.47. The Morgan fingerprint density at radius 2 is 2.00 bits per heavy atom. The number of anilines is 1. The Bertz CT molecular complexity index is 599. The molecule has 1 N–H and O–H groups in total. The minimum Gasteiger partial charge on any atom is -0.462 e.